The van der Waals surface area contributed by atoms with E-state index in [9.17, 15) is 24.2 Å². The Balaban J connectivity index is 1.68. The van der Waals surface area contributed by atoms with E-state index in [1.165, 1.54) is 6.08 Å². The van der Waals surface area contributed by atoms with Crippen LogP contribution >= 0.6 is 11.6 Å². The molecule has 0 amide bonds. The van der Waals surface area contributed by atoms with Crippen molar-refractivity contribution in [2.75, 3.05) is 0 Å². The molecule has 9 heteroatoms. The Bertz CT molecular complexity index is 995. The van der Waals surface area contributed by atoms with E-state index in [0.717, 1.165) is 6.08 Å². The molecule has 0 unspecified atom stereocenters. The number of carbonyl (C=O) groups excluding carboxylic acids is 1. The van der Waals surface area contributed by atoms with Gasteiger partial charge in [-0.1, -0.05) is 19.9 Å². The second kappa shape index (κ2) is 6.20. The van der Waals surface area contributed by atoms with Gasteiger partial charge >= 0.3 is 5.97 Å². The van der Waals surface area contributed by atoms with E-state index in [2.05, 4.69) is 0 Å². The fourth-order valence-electron chi connectivity index (χ4n) is 7.77. The average molecular weight is 473 g/mol. The summed E-state index contributed by atoms with van der Waals surface area (Å²) in [6.07, 6.45) is -1.50. The Labute approximate surface area is 189 Å². The van der Waals surface area contributed by atoms with Gasteiger partial charge in [-0.2, -0.15) is 0 Å². The predicted octanol–water partition coefficient (Wildman–Crippen LogP) is 3.46. The molecule has 2 N–H and O–H groups in total. The highest BCUT2D eigenvalue weighted by molar-refractivity contribution is 6.26. The van der Waals surface area contributed by atoms with Gasteiger partial charge in [0.05, 0.1) is 11.0 Å². The minimum Gasteiger partial charge on any atom is -0.479 e. The van der Waals surface area contributed by atoms with Gasteiger partial charge in [-0.05, 0) is 51.0 Å². The van der Waals surface area contributed by atoms with Crippen LogP contribution in [0, 0.1) is 22.7 Å². The summed E-state index contributed by atoms with van der Waals surface area (Å²) >= 11 is 7.18. The largest absolute Gasteiger partial charge is 0.479 e. The summed E-state index contributed by atoms with van der Waals surface area (Å²) in [4.78, 5) is 23.0. The number of rotatable bonds is 1. The van der Waals surface area contributed by atoms with Gasteiger partial charge in [0.1, 0.15) is 12.3 Å². The molecule has 0 aromatic carbocycles. The summed E-state index contributed by atoms with van der Waals surface area (Å²) in [5.41, 5.74) is -4.62. The number of hydrogen-bond donors (Lipinski definition) is 2. The van der Waals surface area contributed by atoms with E-state index >= 15 is 4.39 Å². The van der Waals surface area contributed by atoms with Gasteiger partial charge in [0.2, 0.25) is 5.78 Å². The van der Waals surface area contributed by atoms with Crippen LogP contribution in [0.25, 0.3) is 0 Å². The van der Waals surface area contributed by atoms with Gasteiger partial charge in [-0.3, -0.25) is 4.79 Å². The van der Waals surface area contributed by atoms with E-state index in [-0.39, 0.29) is 24.8 Å². The Morgan fingerprint density at radius 1 is 1.22 bits per heavy atom. The van der Waals surface area contributed by atoms with Crippen molar-refractivity contribution in [3.8, 4) is 0 Å². The third kappa shape index (κ3) is 2.25. The Morgan fingerprint density at radius 2 is 1.88 bits per heavy atom. The van der Waals surface area contributed by atoms with Crippen LogP contribution in [0.15, 0.2) is 23.6 Å². The lowest BCUT2D eigenvalue weighted by Crippen LogP contribution is -2.70. The first kappa shape index (κ1) is 22.4. The quantitative estimate of drug-likeness (QED) is 0.568. The first-order chi connectivity index (χ1) is 14.7. The van der Waals surface area contributed by atoms with Crippen molar-refractivity contribution in [2.24, 2.45) is 22.7 Å². The van der Waals surface area contributed by atoms with Crippen LogP contribution in [0.5, 0.6) is 0 Å². The van der Waals surface area contributed by atoms with Gasteiger partial charge in [0.15, 0.2) is 17.2 Å². The smallest absolute Gasteiger partial charge is 0.339 e. The number of alkyl halides is 2. The number of hydrogen-bond acceptors (Lipinski definition) is 5. The minimum absolute atomic E-state index is 0.0524. The number of carboxylic acid groups (broad SMARTS) is 1. The monoisotopic (exact) mass is 472 g/mol. The predicted molar refractivity (Wildman–Crippen MR) is 109 cm³/mol. The summed E-state index contributed by atoms with van der Waals surface area (Å²) in [5.74, 6) is -5.58. The molecule has 0 radical (unpaired) electrons. The maximum absolute atomic E-state index is 15.5. The van der Waals surface area contributed by atoms with Crippen molar-refractivity contribution in [3.63, 3.8) is 0 Å². The SMILES string of the molecule is CC1(C)O[C@@H]2C[C@H]3[C@@H]4C[C@H](F)C5=C(F)C(=O)C=C[C@]5(C)[C@@]4(Cl)[C@@H](O)C[C@]3(C)[C@]2(C(=O)O)O1. The van der Waals surface area contributed by atoms with E-state index in [0.29, 0.717) is 0 Å². The zero-order valence-electron chi connectivity index (χ0n) is 18.3. The first-order valence-electron chi connectivity index (χ1n) is 10.9. The van der Waals surface area contributed by atoms with Gasteiger partial charge in [0.25, 0.3) is 0 Å². The van der Waals surface area contributed by atoms with Crippen LogP contribution in [0.2, 0.25) is 0 Å². The molecule has 4 aliphatic carbocycles. The fourth-order valence-corrected chi connectivity index (χ4v) is 8.25. The van der Waals surface area contributed by atoms with Crippen molar-refractivity contribution >= 4 is 23.4 Å². The number of ether oxygens (including phenoxy) is 2. The molecule has 3 saturated carbocycles. The van der Waals surface area contributed by atoms with E-state index in [1.807, 2.05) is 0 Å². The number of allylic oxidation sites excluding steroid dienone is 4. The molecule has 32 heavy (non-hydrogen) atoms. The minimum atomic E-state index is -1.79. The van der Waals surface area contributed by atoms with Crippen LogP contribution < -0.4 is 0 Å². The standard InChI is InChI=1S/C23H27ClF2O6/c1-19(2)31-15-8-10-11-7-12(25)16-17(26)13(27)5-6-20(16,3)22(11,24)14(28)9-21(10,4)23(15,32-19)18(29)30/h5-6,10-12,14-15,28H,7-9H2,1-4H3,(H,29,30)/t10-,11-,12-,14-,15+,20-,21-,22-,23-/m0/s1. The van der Waals surface area contributed by atoms with Gasteiger partial charge in [-0.15, -0.1) is 11.6 Å². The molecule has 0 spiro atoms. The lowest BCUT2D eigenvalue weighted by atomic mass is 9.45. The molecular weight excluding hydrogens is 446 g/mol. The van der Waals surface area contributed by atoms with E-state index in [1.54, 1.807) is 27.7 Å². The first-order valence-corrected chi connectivity index (χ1v) is 11.3. The Hall–Kier alpha value is -1.35. The number of ketones is 1. The molecule has 1 aliphatic heterocycles. The number of aliphatic hydroxyl groups excluding tert-OH is 1. The Kier molecular flexibility index (Phi) is 4.35. The number of carboxylic acids is 1. The molecule has 1 saturated heterocycles. The maximum Gasteiger partial charge on any atom is 0.339 e. The summed E-state index contributed by atoms with van der Waals surface area (Å²) in [6.45, 7) is 6.56. The van der Waals surface area contributed by atoms with Crippen LogP contribution in [-0.4, -0.2) is 56.6 Å². The molecule has 6 nitrogen and oxygen atoms in total. The summed E-state index contributed by atoms with van der Waals surface area (Å²) in [6, 6.07) is 0. The molecule has 1 heterocycles. The highest BCUT2D eigenvalue weighted by Gasteiger charge is 2.80. The molecule has 5 aliphatic rings. The Morgan fingerprint density at radius 3 is 2.50 bits per heavy atom. The normalized spacial score (nSPS) is 53.5. The molecule has 0 aromatic rings. The lowest BCUT2D eigenvalue weighted by Gasteiger charge is -2.64. The van der Waals surface area contributed by atoms with Crippen molar-refractivity contribution in [2.45, 2.75) is 81.6 Å². The average Bonchev–Trinajstić information content (AvgIpc) is 3.08. The highest BCUT2D eigenvalue weighted by atomic mass is 35.5. The van der Waals surface area contributed by atoms with Gasteiger partial charge < -0.3 is 19.7 Å². The fraction of sp³-hybridized carbons (Fsp3) is 0.739. The number of carbonyl (C=O) groups is 2. The highest BCUT2D eigenvalue weighted by Crippen LogP contribution is 2.73. The second-order valence-electron chi connectivity index (χ2n) is 10.8. The number of aliphatic carboxylic acids is 1. The van der Waals surface area contributed by atoms with Gasteiger partial charge in [0, 0.05) is 16.4 Å². The molecule has 9 atom stereocenters. The summed E-state index contributed by atoms with van der Waals surface area (Å²) in [7, 11) is 0. The molecule has 4 fully saturated rings. The van der Waals surface area contributed by atoms with Gasteiger partial charge in [-0.25, -0.2) is 13.6 Å². The zero-order chi connectivity index (χ0) is 23.6. The molecule has 0 aromatic heterocycles. The van der Waals surface area contributed by atoms with Crippen molar-refractivity contribution < 1.29 is 38.1 Å². The number of halogens is 3. The van der Waals surface area contributed by atoms with Crippen molar-refractivity contribution in [1.82, 2.24) is 0 Å². The van der Waals surface area contributed by atoms with Crippen molar-refractivity contribution in [3.05, 3.63) is 23.6 Å². The topological polar surface area (TPSA) is 93.1 Å². The van der Waals surface area contributed by atoms with Crippen LogP contribution in [-0.2, 0) is 19.1 Å². The molecular formula is C23H27ClF2O6. The molecule has 5 rings (SSSR count). The lowest BCUT2D eigenvalue weighted by molar-refractivity contribution is -0.231. The van der Waals surface area contributed by atoms with Crippen molar-refractivity contribution in [1.29, 1.82) is 0 Å². The third-order valence-electron chi connectivity index (χ3n) is 9.02. The summed E-state index contributed by atoms with van der Waals surface area (Å²) in [5, 5.41) is 21.8. The van der Waals surface area contributed by atoms with E-state index in [4.69, 9.17) is 21.1 Å². The van der Waals surface area contributed by atoms with Crippen LogP contribution in [0.3, 0.4) is 0 Å². The number of fused-ring (bicyclic) bond motifs is 7. The van der Waals surface area contributed by atoms with E-state index < -0.39 is 74.9 Å². The van der Waals surface area contributed by atoms with Crippen LogP contribution in [0.1, 0.15) is 47.0 Å². The molecule has 176 valence electrons. The van der Waals surface area contributed by atoms with Crippen LogP contribution in [0.4, 0.5) is 8.78 Å². The maximum atomic E-state index is 15.5. The molecule has 0 bridgehead atoms. The second-order valence-corrected chi connectivity index (χ2v) is 11.5. The third-order valence-corrected chi connectivity index (χ3v) is 9.94. The number of aliphatic hydroxyl groups is 1. The summed E-state index contributed by atoms with van der Waals surface area (Å²) < 4.78 is 42.4. The zero-order valence-corrected chi connectivity index (χ0v) is 19.1.